The van der Waals surface area contributed by atoms with Crippen LogP contribution in [0.4, 0.5) is 0 Å². The molecular formula is C10H13NO3. The smallest absolute Gasteiger partial charge is 0.326 e. The Morgan fingerprint density at radius 2 is 1.79 bits per heavy atom. The molecule has 0 aliphatic heterocycles. The molecule has 4 heteroatoms. The molecule has 4 nitrogen and oxygen atoms in total. The maximum absolute atomic E-state index is 11.1. The van der Waals surface area contributed by atoms with E-state index in [1.54, 1.807) is 25.3 Å². The average molecular weight is 195 g/mol. The largest absolute Gasteiger partial charge is 0.480 e. The van der Waals surface area contributed by atoms with Crippen molar-refractivity contribution in [1.29, 1.82) is 0 Å². The normalized spacial score (nSPS) is 12.5. The van der Waals surface area contributed by atoms with Gasteiger partial charge in [-0.3, -0.25) is 4.79 Å². The lowest BCUT2D eigenvalue weighted by molar-refractivity contribution is -0.140. The van der Waals surface area contributed by atoms with Crippen molar-refractivity contribution in [3.63, 3.8) is 0 Å². The number of pyridine rings is 1. The van der Waals surface area contributed by atoms with Gasteiger partial charge in [0.2, 0.25) is 0 Å². The van der Waals surface area contributed by atoms with Crippen LogP contribution in [0, 0.1) is 13.8 Å². The third-order valence-corrected chi connectivity index (χ3v) is 2.21. The predicted octanol–water partition coefficient (Wildman–Crippen LogP) is 1.11. The van der Waals surface area contributed by atoms with Gasteiger partial charge in [0.1, 0.15) is 6.04 Å². The van der Waals surface area contributed by atoms with Gasteiger partial charge in [-0.05, 0) is 20.8 Å². The Morgan fingerprint density at radius 1 is 1.36 bits per heavy atom. The van der Waals surface area contributed by atoms with Crippen molar-refractivity contribution >= 4 is 5.97 Å². The molecule has 0 saturated carbocycles. The SMILES string of the molecule is Cc1cc(=O)cc(C)n1C(C)C(=O)O. The Kier molecular flexibility index (Phi) is 2.74. The number of carboxylic acid groups (broad SMARTS) is 1. The number of carboxylic acids is 1. The minimum atomic E-state index is -0.903. The van der Waals surface area contributed by atoms with Gasteiger partial charge < -0.3 is 9.67 Å². The van der Waals surface area contributed by atoms with Crippen molar-refractivity contribution in [2.24, 2.45) is 0 Å². The molecule has 0 saturated heterocycles. The van der Waals surface area contributed by atoms with Crippen LogP contribution in [0.2, 0.25) is 0 Å². The zero-order chi connectivity index (χ0) is 10.9. The molecule has 0 fully saturated rings. The van der Waals surface area contributed by atoms with Gasteiger partial charge in [-0.2, -0.15) is 0 Å². The summed E-state index contributed by atoms with van der Waals surface area (Å²) in [6.45, 7) is 5.05. The maximum atomic E-state index is 11.1. The fourth-order valence-corrected chi connectivity index (χ4v) is 1.59. The van der Waals surface area contributed by atoms with E-state index in [1.165, 1.54) is 12.1 Å². The van der Waals surface area contributed by atoms with Crippen LogP contribution in [0.3, 0.4) is 0 Å². The van der Waals surface area contributed by atoms with Crippen LogP contribution < -0.4 is 5.43 Å². The molecule has 0 spiro atoms. The Labute approximate surface area is 81.8 Å². The number of aliphatic carboxylic acids is 1. The lowest BCUT2D eigenvalue weighted by atomic mass is 10.2. The second-order valence-corrected chi connectivity index (χ2v) is 3.36. The number of aromatic nitrogens is 1. The molecule has 1 rings (SSSR count). The Morgan fingerprint density at radius 3 is 2.14 bits per heavy atom. The molecule has 1 atom stereocenters. The molecule has 1 aromatic heterocycles. The lowest BCUT2D eigenvalue weighted by Gasteiger charge is -2.17. The number of carbonyl (C=O) groups is 1. The Bertz CT molecular complexity index is 394. The van der Waals surface area contributed by atoms with Crippen molar-refractivity contribution < 1.29 is 9.90 Å². The number of hydrogen-bond donors (Lipinski definition) is 1. The van der Waals surface area contributed by atoms with Gasteiger partial charge in [0.15, 0.2) is 5.43 Å². The van der Waals surface area contributed by atoms with Crippen LogP contribution in [-0.2, 0) is 4.79 Å². The third kappa shape index (κ3) is 1.84. The highest BCUT2D eigenvalue weighted by atomic mass is 16.4. The molecule has 1 aromatic rings. The summed E-state index contributed by atoms with van der Waals surface area (Å²) in [4.78, 5) is 21.9. The molecule has 1 N–H and O–H groups in total. The summed E-state index contributed by atoms with van der Waals surface area (Å²) in [6, 6.07) is 2.23. The molecule has 0 aromatic carbocycles. The molecule has 1 heterocycles. The molecule has 1 unspecified atom stereocenters. The van der Waals surface area contributed by atoms with Gasteiger partial charge in [-0.1, -0.05) is 0 Å². The van der Waals surface area contributed by atoms with Crippen LogP contribution in [0.15, 0.2) is 16.9 Å². The summed E-state index contributed by atoms with van der Waals surface area (Å²) >= 11 is 0. The third-order valence-electron chi connectivity index (χ3n) is 2.21. The first-order chi connectivity index (χ1) is 6.43. The first-order valence-corrected chi connectivity index (χ1v) is 4.36. The zero-order valence-corrected chi connectivity index (χ0v) is 8.44. The van der Waals surface area contributed by atoms with Gasteiger partial charge in [0, 0.05) is 23.5 Å². The van der Waals surface area contributed by atoms with Crippen LogP contribution in [0.25, 0.3) is 0 Å². The Balaban J connectivity index is 3.34. The van der Waals surface area contributed by atoms with Gasteiger partial charge >= 0.3 is 5.97 Å². The maximum Gasteiger partial charge on any atom is 0.326 e. The zero-order valence-electron chi connectivity index (χ0n) is 8.44. The lowest BCUT2D eigenvalue weighted by Crippen LogP contribution is -2.22. The predicted molar refractivity (Wildman–Crippen MR) is 52.5 cm³/mol. The van der Waals surface area contributed by atoms with E-state index in [0.717, 1.165) is 0 Å². The minimum Gasteiger partial charge on any atom is -0.480 e. The van der Waals surface area contributed by atoms with E-state index in [9.17, 15) is 9.59 Å². The van der Waals surface area contributed by atoms with Crippen LogP contribution >= 0.6 is 0 Å². The topological polar surface area (TPSA) is 59.3 Å². The van der Waals surface area contributed by atoms with E-state index >= 15 is 0 Å². The second kappa shape index (κ2) is 3.65. The van der Waals surface area contributed by atoms with Crippen molar-refractivity contribution in [2.75, 3.05) is 0 Å². The molecule has 0 bridgehead atoms. The summed E-state index contributed by atoms with van der Waals surface area (Å²) in [5.41, 5.74) is 1.25. The van der Waals surface area contributed by atoms with E-state index in [2.05, 4.69) is 0 Å². The first kappa shape index (κ1) is 10.5. The van der Waals surface area contributed by atoms with E-state index in [1.807, 2.05) is 0 Å². The fourth-order valence-electron chi connectivity index (χ4n) is 1.59. The van der Waals surface area contributed by atoms with Gasteiger partial charge in [-0.15, -0.1) is 0 Å². The number of hydrogen-bond acceptors (Lipinski definition) is 2. The van der Waals surface area contributed by atoms with Crippen molar-refractivity contribution in [1.82, 2.24) is 4.57 Å². The summed E-state index contributed by atoms with van der Waals surface area (Å²) in [7, 11) is 0. The first-order valence-electron chi connectivity index (χ1n) is 4.36. The number of rotatable bonds is 2. The van der Waals surface area contributed by atoms with Crippen LogP contribution in [-0.4, -0.2) is 15.6 Å². The highest BCUT2D eigenvalue weighted by Crippen LogP contribution is 2.11. The highest BCUT2D eigenvalue weighted by molar-refractivity contribution is 5.71. The monoisotopic (exact) mass is 195 g/mol. The van der Waals surface area contributed by atoms with Crippen molar-refractivity contribution in [3.05, 3.63) is 33.7 Å². The summed E-state index contributed by atoms with van der Waals surface area (Å²) < 4.78 is 1.63. The summed E-state index contributed by atoms with van der Waals surface area (Å²) in [5, 5.41) is 8.85. The fraction of sp³-hybridized carbons (Fsp3) is 0.400. The van der Waals surface area contributed by atoms with Crippen molar-refractivity contribution in [3.8, 4) is 0 Å². The second-order valence-electron chi connectivity index (χ2n) is 3.36. The van der Waals surface area contributed by atoms with Crippen LogP contribution in [0.1, 0.15) is 24.4 Å². The molecule has 0 aliphatic carbocycles. The standard InChI is InChI=1S/C10H13NO3/c1-6-4-9(12)5-7(2)11(6)8(3)10(13)14/h4-5,8H,1-3H3,(H,13,14). The van der Waals surface area contributed by atoms with E-state index in [-0.39, 0.29) is 5.43 Å². The van der Waals surface area contributed by atoms with E-state index < -0.39 is 12.0 Å². The van der Waals surface area contributed by atoms with E-state index in [4.69, 9.17) is 5.11 Å². The molecular weight excluding hydrogens is 182 g/mol. The number of aryl methyl sites for hydroxylation is 2. The van der Waals surface area contributed by atoms with Gasteiger partial charge in [0.05, 0.1) is 0 Å². The molecule has 76 valence electrons. The molecule has 0 amide bonds. The molecule has 14 heavy (non-hydrogen) atoms. The van der Waals surface area contributed by atoms with Crippen molar-refractivity contribution in [2.45, 2.75) is 26.8 Å². The van der Waals surface area contributed by atoms with Gasteiger partial charge in [-0.25, -0.2) is 4.79 Å². The molecule has 0 aliphatic rings. The summed E-state index contributed by atoms with van der Waals surface area (Å²) in [6.07, 6.45) is 0. The Hall–Kier alpha value is -1.58. The highest BCUT2D eigenvalue weighted by Gasteiger charge is 2.15. The average Bonchev–Trinajstić information content (AvgIpc) is 2.01. The van der Waals surface area contributed by atoms with E-state index in [0.29, 0.717) is 11.4 Å². The molecule has 0 radical (unpaired) electrons. The van der Waals surface area contributed by atoms with Gasteiger partial charge in [0.25, 0.3) is 0 Å². The quantitative estimate of drug-likeness (QED) is 0.769. The van der Waals surface area contributed by atoms with Crippen LogP contribution in [0.5, 0.6) is 0 Å². The number of nitrogens with zero attached hydrogens (tertiary/aromatic N) is 1. The minimum absolute atomic E-state index is 0.0890. The summed E-state index contributed by atoms with van der Waals surface area (Å²) in [5.74, 6) is -0.903.